The molecule has 0 heterocycles. The standard InChI is InChI=1S/C28H30Cl3N3O4S/c1-3-16-32-28(36)26(17-20-10-5-4-6-11-20)33(18-21-22(29)13-9-14-23(21)30)27(35)19-34(39(2,37)38)25-15-8-7-12-24(25)31/h4-15,26H,3,16-19H2,1-2H3,(H,32,36). The van der Waals surface area contributed by atoms with Crippen LogP contribution in [0, 0.1) is 0 Å². The van der Waals surface area contributed by atoms with Crippen molar-refractivity contribution in [3.05, 3.63) is 99.0 Å². The normalized spacial score (nSPS) is 12.0. The van der Waals surface area contributed by atoms with Crippen molar-refractivity contribution in [1.29, 1.82) is 0 Å². The smallest absolute Gasteiger partial charge is 0.244 e. The van der Waals surface area contributed by atoms with Crippen LogP contribution >= 0.6 is 34.8 Å². The number of para-hydroxylation sites is 1. The van der Waals surface area contributed by atoms with Gasteiger partial charge in [-0.25, -0.2) is 8.42 Å². The molecule has 1 unspecified atom stereocenters. The number of hydrogen-bond acceptors (Lipinski definition) is 4. The van der Waals surface area contributed by atoms with Gasteiger partial charge in [0.1, 0.15) is 12.6 Å². The Hall–Kier alpha value is -2.78. The zero-order valence-electron chi connectivity index (χ0n) is 21.6. The number of anilines is 1. The number of hydrogen-bond donors (Lipinski definition) is 1. The highest BCUT2D eigenvalue weighted by Crippen LogP contribution is 2.30. The zero-order valence-corrected chi connectivity index (χ0v) is 24.7. The zero-order chi connectivity index (χ0) is 28.6. The molecule has 0 fully saturated rings. The van der Waals surface area contributed by atoms with E-state index in [0.717, 1.165) is 16.1 Å². The lowest BCUT2D eigenvalue weighted by atomic mass is 10.0. The monoisotopic (exact) mass is 609 g/mol. The molecule has 11 heteroatoms. The minimum absolute atomic E-state index is 0.117. The van der Waals surface area contributed by atoms with E-state index in [0.29, 0.717) is 28.6 Å². The molecule has 0 saturated heterocycles. The molecule has 2 amide bonds. The first-order chi connectivity index (χ1) is 18.5. The predicted octanol–water partition coefficient (Wildman–Crippen LogP) is 5.58. The SMILES string of the molecule is CCCNC(=O)C(Cc1ccccc1)N(Cc1c(Cl)cccc1Cl)C(=O)CN(c1ccccc1Cl)S(C)(=O)=O. The highest BCUT2D eigenvalue weighted by atomic mass is 35.5. The van der Waals surface area contributed by atoms with Gasteiger partial charge in [0.15, 0.2) is 0 Å². The van der Waals surface area contributed by atoms with Crippen LogP contribution in [0.3, 0.4) is 0 Å². The molecule has 0 aromatic heterocycles. The van der Waals surface area contributed by atoms with Gasteiger partial charge in [-0.3, -0.25) is 13.9 Å². The Balaban J connectivity index is 2.10. The van der Waals surface area contributed by atoms with Crippen molar-refractivity contribution >= 4 is 62.3 Å². The van der Waals surface area contributed by atoms with E-state index in [1.807, 2.05) is 37.3 Å². The fourth-order valence-electron chi connectivity index (χ4n) is 4.02. The first kappa shape index (κ1) is 30.8. The summed E-state index contributed by atoms with van der Waals surface area (Å²) in [6, 6.07) is 19.6. The van der Waals surface area contributed by atoms with Gasteiger partial charge in [-0.15, -0.1) is 0 Å². The predicted molar refractivity (Wildman–Crippen MR) is 158 cm³/mol. The lowest BCUT2D eigenvalue weighted by Crippen LogP contribution is -2.53. The van der Waals surface area contributed by atoms with Gasteiger partial charge in [-0.2, -0.15) is 0 Å². The molecule has 0 spiro atoms. The Morgan fingerprint density at radius 1 is 0.872 bits per heavy atom. The topological polar surface area (TPSA) is 86.8 Å². The molecular formula is C28H30Cl3N3O4S. The molecule has 0 bridgehead atoms. The number of carbonyl (C=O) groups excluding carboxylic acids is 2. The number of carbonyl (C=O) groups is 2. The summed E-state index contributed by atoms with van der Waals surface area (Å²) in [6.45, 7) is 1.63. The van der Waals surface area contributed by atoms with E-state index in [9.17, 15) is 18.0 Å². The molecule has 0 radical (unpaired) electrons. The van der Waals surface area contributed by atoms with Crippen LogP contribution in [0.25, 0.3) is 0 Å². The van der Waals surface area contributed by atoms with Gasteiger partial charge in [0, 0.05) is 35.1 Å². The van der Waals surface area contributed by atoms with Crippen molar-refractivity contribution in [3.8, 4) is 0 Å². The molecule has 39 heavy (non-hydrogen) atoms. The largest absolute Gasteiger partial charge is 0.354 e. The molecule has 7 nitrogen and oxygen atoms in total. The number of nitrogens with one attached hydrogen (secondary N) is 1. The van der Waals surface area contributed by atoms with Crippen molar-refractivity contribution in [2.45, 2.75) is 32.4 Å². The summed E-state index contributed by atoms with van der Waals surface area (Å²) in [5.41, 5.74) is 1.42. The second-order valence-corrected chi connectivity index (χ2v) is 12.1. The highest BCUT2D eigenvalue weighted by molar-refractivity contribution is 7.92. The maximum atomic E-state index is 14.0. The van der Waals surface area contributed by atoms with Crippen LogP contribution in [-0.2, 0) is 32.6 Å². The summed E-state index contributed by atoms with van der Waals surface area (Å²) in [5.74, 6) is -0.996. The lowest BCUT2D eigenvalue weighted by molar-refractivity contribution is -0.140. The summed E-state index contributed by atoms with van der Waals surface area (Å²) in [6.07, 6.45) is 1.88. The molecule has 3 rings (SSSR count). The van der Waals surface area contributed by atoms with Gasteiger partial charge in [-0.1, -0.05) is 90.3 Å². The Morgan fingerprint density at radius 2 is 1.46 bits per heavy atom. The average Bonchev–Trinajstić information content (AvgIpc) is 2.89. The first-order valence-corrected chi connectivity index (χ1v) is 15.3. The van der Waals surface area contributed by atoms with Crippen LogP contribution in [-0.4, -0.2) is 50.5 Å². The molecule has 3 aromatic rings. The summed E-state index contributed by atoms with van der Waals surface area (Å²) >= 11 is 19.2. The van der Waals surface area contributed by atoms with Gasteiger partial charge in [0.25, 0.3) is 0 Å². The number of sulfonamides is 1. The summed E-state index contributed by atoms with van der Waals surface area (Å²) < 4.78 is 26.6. The molecule has 1 atom stereocenters. The van der Waals surface area contributed by atoms with Crippen molar-refractivity contribution in [2.24, 2.45) is 0 Å². The second-order valence-electron chi connectivity index (χ2n) is 8.94. The molecule has 0 aliphatic heterocycles. The molecule has 0 saturated carbocycles. The van der Waals surface area contributed by atoms with E-state index in [2.05, 4.69) is 5.32 Å². The number of nitrogens with zero attached hydrogens (tertiary/aromatic N) is 2. The van der Waals surface area contributed by atoms with E-state index in [4.69, 9.17) is 34.8 Å². The Bertz CT molecular complexity index is 1380. The number of rotatable bonds is 12. The lowest BCUT2D eigenvalue weighted by Gasteiger charge is -2.34. The highest BCUT2D eigenvalue weighted by Gasteiger charge is 2.34. The van der Waals surface area contributed by atoms with E-state index in [-0.39, 0.29) is 29.6 Å². The minimum atomic E-state index is -3.93. The molecule has 3 aromatic carbocycles. The Labute approximate surface area is 244 Å². The third-order valence-corrected chi connectivity index (χ3v) is 8.17. The molecule has 1 N–H and O–H groups in total. The van der Waals surface area contributed by atoms with Crippen LogP contribution < -0.4 is 9.62 Å². The van der Waals surface area contributed by atoms with Crippen LogP contribution in [0.4, 0.5) is 5.69 Å². The summed E-state index contributed by atoms with van der Waals surface area (Å²) in [4.78, 5) is 28.9. The number of amides is 2. The van der Waals surface area contributed by atoms with Crippen molar-refractivity contribution in [3.63, 3.8) is 0 Å². The van der Waals surface area contributed by atoms with E-state index in [1.54, 1.807) is 30.3 Å². The van der Waals surface area contributed by atoms with Gasteiger partial charge in [0.2, 0.25) is 21.8 Å². The van der Waals surface area contributed by atoms with Gasteiger partial charge < -0.3 is 10.2 Å². The van der Waals surface area contributed by atoms with Gasteiger partial charge in [0.05, 0.1) is 17.0 Å². The second kappa shape index (κ2) is 14.0. The average molecular weight is 611 g/mol. The third kappa shape index (κ3) is 8.35. The van der Waals surface area contributed by atoms with E-state index < -0.39 is 28.5 Å². The van der Waals surface area contributed by atoms with Crippen LogP contribution in [0.1, 0.15) is 24.5 Å². The third-order valence-electron chi connectivity index (χ3n) is 6.01. The molecule has 208 valence electrons. The number of halogens is 3. The number of benzene rings is 3. The van der Waals surface area contributed by atoms with Crippen molar-refractivity contribution < 1.29 is 18.0 Å². The first-order valence-electron chi connectivity index (χ1n) is 12.3. The van der Waals surface area contributed by atoms with Crippen LogP contribution in [0.2, 0.25) is 15.1 Å². The van der Waals surface area contributed by atoms with E-state index in [1.165, 1.54) is 17.0 Å². The minimum Gasteiger partial charge on any atom is -0.354 e. The van der Waals surface area contributed by atoms with E-state index >= 15 is 0 Å². The van der Waals surface area contributed by atoms with Crippen LogP contribution in [0.15, 0.2) is 72.8 Å². The fraction of sp³-hybridized carbons (Fsp3) is 0.286. The Morgan fingerprint density at radius 3 is 2.05 bits per heavy atom. The molecule has 0 aliphatic rings. The van der Waals surface area contributed by atoms with Gasteiger partial charge >= 0.3 is 0 Å². The Kier molecular flexibility index (Phi) is 11.1. The van der Waals surface area contributed by atoms with Gasteiger partial charge in [-0.05, 0) is 36.2 Å². The van der Waals surface area contributed by atoms with Crippen molar-refractivity contribution in [2.75, 3.05) is 23.7 Å². The summed E-state index contributed by atoms with van der Waals surface area (Å²) in [5, 5.41) is 3.68. The summed E-state index contributed by atoms with van der Waals surface area (Å²) in [7, 11) is -3.93. The maximum Gasteiger partial charge on any atom is 0.244 e. The fourth-order valence-corrected chi connectivity index (χ4v) is 5.69. The quantitative estimate of drug-likeness (QED) is 0.290. The molecule has 0 aliphatic carbocycles. The van der Waals surface area contributed by atoms with Crippen molar-refractivity contribution in [1.82, 2.24) is 10.2 Å². The van der Waals surface area contributed by atoms with Crippen LogP contribution in [0.5, 0.6) is 0 Å². The maximum absolute atomic E-state index is 14.0. The molecular weight excluding hydrogens is 581 g/mol.